The predicted molar refractivity (Wildman–Crippen MR) is 85.9 cm³/mol. The van der Waals surface area contributed by atoms with Crippen molar-refractivity contribution in [2.45, 2.75) is 50.9 Å². The van der Waals surface area contributed by atoms with Crippen LogP contribution in [0.15, 0.2) is 36.6 Å². The second-order valence-corrected chi connectivity index (χ2v) is 5.99. The molecule has 2 heteroatoms. The van der Waals surface area contributed by atoms with Gasteiger partial charge >= 0.3 is 0 Å². The molecule has 0 spiro atoms. The largest absolute Gasteiger partial charge is 0.505 e. The third-order valence-electron chi connectivity index (χ3n) is 4.57. The van der Waals surface area contributed by atoms with Crippen molar-refractivity contribution < 1.29 is 4.74 Å². The highest BCUT2D eigenvalue weighted by molar-refractivity contribution is 5.33. The van der Waals surface area contributed by atoms with E-state index in [0.29, 0.717) is 5.92 Å². The molecule has 0 atom stereocenters. The van der Waals surface area contributed by atoms with Gasteiger partial charge in [-0.25, -0.2) is 0 Å². The Morgan fingerprint density at radius 2 is 1.90 bits per heavy atom. The van der Waals surface area contributed by atoms with E-state index in [1.54, 1.807) is 13.4 Å². The van der Waals surface area contributed by atoms with Gasteiger partial charge in [0, 0.05) is 0 Å². The van der Waals surface area contributed by atoms with E-state index in [1.165, 1.54) is 44.1 Å². The van der Waals surface area contributed by atoms with Gasteiger partial charge in [-0.3, -0.25) is 0 Å². The molecule has 0 N–H and O–H groups in total. The van der Waals surface area contributed by atoms with E-state index in [1.807, 2.05) is 12.1 Å². The average molecular weight is 283 g/mol. The van der Waals surface area contributed by atoms with E-state index in [0.717, 1.165) is 17.9 Å². The van der Waals surface area contributed by atoms with Crippen LogP contribution < -0.4 is 0 Å². The molecule has 0 saturated heterocycles. The Bertz CT molecular complexity index is 475. The normalized spacial score (nSPS) is 22.1. The van der Waals surface area contributed by atoms with Crippen LogP contribution in [-0.4, -0.2) is 7.11 Å². The summed E-state index contributed by atoms with van der Waals surface area (Å²) in [6.45, 7) is 0. The number of nitriles is 1. The lowest BCUT2D eigenvalue weighted by Gasteiger charge is -2.28. The van der Waals surface area contributed by atoms with Crippen molar-refractivity contribution in [2.24, 2.45) is 5.92 Å². The Labute approximate surface area is 128 Å². The number of unbranched alkanes of at least 4 members (excludes halogenated alkanes) is 1. The number of benzene rings is 1. The summed E-state index contributed by atoms with van der Waals surface area (Å²) in [4.78, 5) is 0. The molecule has 21 heavy (non-hydrogen) atoms. The Hall–Kier alpha value is -1.75. The standard InChI is InChI=1S/C19H25NO/c1-21-14-4-2-3-5-16-6-10-18(11-7-16)19-12-8-17(15-20)9-13-19/h4,8-9,12-14,16,18H,2-3,5-7,10-11H2,1H3/b14-4+. The maximum atomic E-state index is 8.85. The van der Waals surface area contributed by atoms with Crippen molar-refractivity contribution in [3.05, 3.63) is 47.7 Å². The average Bonchev–Trinajstić information content (AvgIpc) is 2.55. The number of methoxy groups -OCH3 is 1. The van der Waals surface area contributed by atoms with Gasteiger partial charge in [0.1, 0.15) is 0 Å². The summed E-state index contributed by atoms with van der Waals surface area (Å²) in [5, 5.41) is 8.85. The maximum Gasteiger partial charge on any atom is 0.0991 e. The molecule has 1 fully saturated rings. The van der Waals surface area contributed by atoms with Crippen molar-refractivity contribution in [3.63, 3.8) is 0 Å². The Kier molecular flexibility index (Phi) is 6.34. The van der Waals surface area contributed by atoms with Crippen LogP contribution in [0.25, 0.3) is 0 Å². The van der Waals surface area contributed by atoms with Crippen LogP contribution >= 0.6 is 0 Å². The number of nitrogens with zero attached hydrogens (tertiary/aromatic N) is 1. The lowest BCUT2D eigenvalue weighted by atomic mass is 9.77. The van der Waals surface area contributed by atoms with Gasteiger partial charge in [-0.2, -0.15) is 5.26 Å². The second kappa shape index (κ2) is 8.52. The molecule has 0 heterocycles. The van der Waals surface area contributed by atoms with Crippen molar-refractivity contribution in [1.82, 2.24) is 0 Å². The monoisotopic (exact) mass is 283 g/mol. The number of hydrogen-bond donors (Lipinski definition) is 0. The molecule has 1 aromatic rings. The highest BCUT2D eigenvalue weighted by atomic mass is 16.5. The van der Waals surface area contributed by atoms with Gasteiger partial charge < -0.3 is 4.74 Å². The fraction of sp³-hybridized carbons (Fsp3) is 0.526. The van der Waals surface area contributed by atoms with E-state index >= 15 is 0 Å². The van der Waals surface area contributed by atoms with E-state index in [9.17, 15) is 0 Å². The summed E-state index contributed by atoms with van der Waals surface area (Å²) in [5.41, 5.74) is 2.17. The first-order valence-electron chi connectivity index (χ1n) is 8.01. The zero-order valence-corrected chi connectivity index (χ0v) is 12.9. The van der Waals surface area contributed by atoms with E-state index in [4.69, 9.17) is 10.00 Å². The van der Waals surface area contributed by atoms with Crippen LogP contribution in [0.2, 0.25) is 0 Å². The molecule has 0 amide bonds. The summed E-state index contributed by atoms with van der Waals surface area (Å²) in [5.74, 6) is 1.60. The summed E-state index contributed by atoms with van der Waals surface area (Å²) >= 11 is 0. The molecule has 0 aliphatic heterocycles. The first-order valence-corrected chi connectivity index (χ1v) is 8.01. The fourth-order valence-corrected chi connectivity index (χ4v) is 3.30. The molecule has 0 radical (unpaired) electrons. The van der Waals surface area contributed by atoms with E-state index in [2.05, 4.69) is 24.3 Å². The Balaban J connectivity index is 1.72. The van der Waals surface area contributed by atoms with Crippen LogP contribution in [0.3, 0.4) is 0 Å². The SMILES string of the molecule is CO/C=C/CCCC1CCC(c2ccc(C#N)cc2)CC1. The van der Waals surface area contributed by atoms with Crippen LogP contribution in [-0.2, 0) is 4.74 Å². The minimum atomic E-state index is 0.697. The van der Waals surface area contributed by atoms with Crippen molar-refractivity contribution in [1.29, 1.82) is 5.26 Å². The maximum absolute atomic E-state index is 8.85. The molecular formula is C19H25NO. The third kappa shape index (κ3) is 4.93. The van der Waals surface area contributed by atoms with Crippen LogP contribution in [0.1, 0.15) is 62.0 Å². The molecule has 1 aromatic carbocycles. The summed E-state index contributed by atoms with van der Waals surface area (Å²) in [6, 6.07) is 10.4. The minimum absolute atomic E-state index is 0.697. The zero-order valence-electron chi connectivity index (χ0n) is 12.9. The molecule has 2 nitrogen and oxygen atoms in total. The highest BCUT2D eigenvalue weighted by Gasteiger charge is 2.21. The van der Waals surface area contributed by atoms with Gasteiger partial charge in [-0.05, 0) is 74.1 Å². The second-order valence-electron chi connectivity index (χ2n) is 5.99. The van der Waals surface area contributed by atoms with E-state index in [-0.39, 0.29) is 0 Å². The van der Waals surface area contributed by atoms with Crippen molar-refractivity contribution in [3.8, 4) is 6.07 Å². The predicted octanol–water partition coefficient (Wildman–Crippen LogP) is 5.16. The van der Waals surface area contributed by atoms with Gasteiger partial charge in [0.2, 0.25) is 0 Å². The summed E-state index contributed by atoms with van der Waals surface area (Å²) in [7, 11) is 1.70. The smallest absolute Gasteiger partial charge is 0.0991 e. The molecule has 1 saturated carbocycles. The van der Waals surface area contributed by atoms with Crippen molar-refractivity contribution >= 4 is 0 Å². The Morgan fingerprint density at radius 3 is 2.52 bits per heavy atom. The van der Waals surface area contributed by atoms with Gasteiger partial charge in [-0.15, -0.1) is 0 Å². The number of hydrogen-bond acceptors (Lipinski definition) is 2. The quantitative estimate of drug-likeness (QED) is 0.533. The Morgan fingerprint density at radius 1 is 1.19 bits per heavy atom. The molecule has 0 bridgehead atoms. The van der Waals surface area contributed by atoms with Gasteiger partial charge in [-0.1, -0.05) is 18.6 Å². The molecule has 2 rings (SSSR count). The number of ether oxygens (including phenoxy) is 1. The van der Waals surface area contributed by atoms with E-state index < -0.39 is 0 Å². The zero-order chi connectivity index (χ0) is 14.9. The number of allylic oxidation sites excluding steroid dienone is 1. The van der Waals surface area contributed by atoms with Gasteiger partial charge in [0.15, 0.2) is 0 Å². The molecule has 0 unspecified atom stereocenters. The van der Waals surface area contributed by atoms with Crippen molar-refractivity contribution in [2.75, 3.05) is 7.11 Å². The molecule has 0 aromatic heterocycles. The minimum Gasteiger partial charge on any atom is -0.505 e. The molecule has 112 valence electrons. The molecule has 1 aliphatic carbocycles. The molecule has 1 aliphatic rings. The van der Waals surface area contributed by atoms with Crippen LogP contribution in [0, 0.1) is 17.2 Å². The van der Waals surface area contributed by atoms with Crippen LogP contribution in [0.4, 0.5) is 0 Å². The first-order chi connectivity index (χ1) is 10.3. The van der Waals surface area contributed by atoms with Gasteiger partial charge in [0.25, 0.3) is 0 Å². The third-order valence-corrected chi connectivity index (χ3v) is 4.57. The lowest BCUT2D eigenvalue weighted by Crippen LogP contribution is -2.13. The van der Waals surface area contributed by atoms with Crippen LogP contribution in [0.5, 0.6) is 0 Å². The lowest BCUT2D eigenvalue weighted by molar-refractivity contribution is 0.304. The topological polar surface area (TPSA) is 33.0 Å². The molecular weight excluding hydrogens is 258 g/mol. The van der Waals surface area contributed by atoms with Gasteiger partial charge in [0.05, 0.1) is 25.0 Å². The highest BCUT2D eigenvalue weighted by Crippen LogP contribution is 2.37. The first kappa shape index (κ1) is 15.6. The summed E-state index contributed by atoms with van der Waals surface area (Å²) < 4.78 is 4.91. The number of rotatable bonds is 6. The summed E-state index contributed by atoms with van der Waals surface area (Å²) in [6.07, 6.45) is 12.9. The fourth-order valence-electron chi connectivity index (χ4n) is 3.30.